The molecule has 0 aliphatic carbocycles. The predicted octanol–water partition coefficient (Wildman–Crippen LogP) is 4.08. The van der Waals surface area contributed by atoms with Gasteiger partial charge in [-0.1, -0.05) is 29.8 Å². The Hall–Kier alpha value is -2.33. The van der Waals surface area contributed by atoms with E-state index in [1.165, 1.54) is 5.56 Å². The van der Waals surface area contributed by atoms with Gasteiger partial charge in [0.05, 0.1) is 13.2 Å². The number of benzene rings is 2. The molecule has 1 amide bonds. The normalized spacial score (nSPS) is 12.1. The number of anilines is 1. The minimum atomic E-state index is -0.234. The quantitative estimate of drug-likeness (QED) is 0.861. The molecule has 0 aliphatic heterocycles. The van der Waals surface area contributed by atoms with Gasteiger partial charge in [-0.25, -0.2) is 0 Å². The van der Waals surface area contributed by atoms with Gasteiger partial charge in [-0.15, -0.1) is 0 Å². The number of amides is 1. The lowest BCUT2D eigenvalue weighted by molar-refractivity contribution is -0.120. The van der Waals surface area contributed by atoms with Crippen LogP contribution in [0.5, 0.6) is 5.75 Å². The minimum Gasteiger partial charge on any atom is -0.497 e. The second-order valence-electron chi connectivity index (χ2n) is 6.70. The number of aryl methyl sites for hydroxylation is 3. The van der Waals surface area contributed by atoms with Gasteiger partial charge in [-0.2, -0.15) is 0 Å². The van der Waals surface area contributed by atoms with Crippen LogP contribution < -0.4 is 10.1 Å². The van der Waals surface area contributed by atoms with Crippen molar-refractivity contribution in [1.82, 2.24) is 4.90 Å². The zero-order valence-corrected chi connectivity index (χ0v) is 16.0. The summed E-state index contributed by atoms with van der Waals surface area (Å²) in [6.45, 7) is 8.75. The Morgan fingerprint density at radius 3 is 2.20 bits per heavy atom. The Labute approximate surface area is 150 Å². The highest BCUT2D eigenvalue weighted by atomic mass is 16.5. The summed E-state index contributed by atoms with van der Waals surface area (Å²) in [5.74, 6) is 0.841. The van der Waals surface area contributed by atoms with Crippen LogP contribution in [0.25, 0.3) is 0 Å². The number of rotatable bonds is 6. The van der Waals surface area contributed by atoms with Gasteiger partial charge in [-0.3, -0.25) is 9.69 Å². The molecule has 0 heterocycles. The predicted molar refractivity (Wildman–Crippen MR) is 103 cm³/mol. The van der Waals surface area contributed by atoms with E-state index < -0.39 is 0 Å². The second-order valence-corrected chi connectivity index (χ2v) is 6.70. The van der Waals surface area contributed by atoms with Crippen molar-refractivity contribution >= 4 is 11.6 Å². The van der Waals surface area contributed by atoms with Gasteiger partial charge < -0.3 is 10.1 Å². The third-order valence-electron chi connectivity index (χ3n) is 4.56. The number of carbonyl (C=O) groups excluding carboxylic acids is 1. The van der Waals surface area contributed by atoms with E-state index in [9.17, 15) is 4.79 Å². The molecule has 0 saturated heterocycles. The highest BCUT2D eigenvalue weighted by Crippen LogP contribution is 2.22. The Kier molecular flexibility index (Phi) is 6.21. The van der Waals surface area contributed by atoms with E-state index in [0.29, 0.717) is 6.54 Å². The Balaban J connectivity index is 2.03. The number of likely N-dealkylation sites (N-methyl/N-ethyl adjacent to an activating group) is 1. The molecule has 4 nitrogen and oxygen atoms in total. The first-order valence-corrected chi connectivity index (χ1v) is 8.53. The van der Waals surface area contributed by atoms with Crippen molar-refractivity contribution in [2.24, 2.45) is 0 Å². The van der Waals surface area contributed by atoms with Gasteiger partial charge in [0.2, 0.25) is 5.91 Å². The number of ether oxygens (including phenoxy) is 1. The van der Waals surface area contributed by atoms with Gasteiger partial charge in [0.25, 0.3) is 0 Å². The van der Waals surface area contributed by atoms with Crippen molar-refractivity contribution in [3.05, 3.63) is 58.7 Å². The van der Waals surface area contributed by atoms with Crippen LogP contribution in [-0.2, 0) is 11.3 Å². The van der Waals surface area contributed by atoms with E-state index in [1.54, 1.807) is 7.11 Å². The fourth-order valence-corrected chi connectivity index (χ4v) is 2.96. The average molecular weight is 340 g/mol. The monoisotopic (exact) mass is 340 g/mol. The van der Waals surface area contributed by atoms with Crippen molar-refractivity contribution in [3.63, 3.8) is 0 Å². The highest BCUT2D eigenvalue weighted by Gasteiger charge is 2.19. The SMILES string of the molecule is COc1ccc(CN(C)C(C)C(=O)Nc2c(C)cc(C)cc2C)cc1. The molecule has 0 fully saturated rings. The molecular formula is C21H28N2O2. The number of hydrogen-bond acceptors (Lipinski definition) is 3. The number of hydrogen-bond donors (Lipinski definition) is 1. The Bertz CT molecular complexity index is 715. The molecule has 2 rings (SSSR count). The van der Waals surface area contributed by atoms with Crippen LogP contribution in [-0.4, -0.2) is 31.0 Å². The summed E-state index contributed by atoms with van der Waals surface area (Å²) in [7, 11) is 3.62. The van der Waals surface area contributed by atoms with Crippen LogP contribution in [0, 0.1) is 20.8 Å². The third kappa shape index (κ3) is 4.83. The van der Waals surface area contributed by atoms with Gasteiger partial charge in [0.15, 0.2) is 0 Å². The molecule has 1 atom stereocenters. The van der Waals surface area contributed by atoms with Gasteiger partial charge in [-0.05, 0) is 63.6 Å². The number of methoxy groups -OCH3 is 1. The lowest BCUT2D eigenvalue weighted by Gasteiger charge is -2.25. The smallest absolute Gasteiger partial charge is 0.241 e. The molecule has 2 aromatic rings. The van der Waals surface area contributed by atoms with Crippen molar-refractivity contribution in [3.8, 4) is 5.75 Å². The van der Waals surface area contributed by atoms with E-state index in [2.05, 4.69) is 24.4 Å². The zero-order chi connectivity index (χ0) is 18.6. The maximum atomic E-state index is 12.7. The summed E-state index contributed by atoms with van der Waals surface area (Å²) in [6.07, 6.45) is 0. The zero-order valence-electron chi connectivity index (χ0n) is 16.0. The van der Waals surface area contributed by atoms with E-state index in [4.69, 9.17) is 4.74 Å². The lowest BCUT2D eigenvalue weighted by Crippen LogP contribution is -2.39. The van der Waals surface area contributed by atoms with Crippen molar-refractivity contribution in [2.75, 3.05) is 19.5 Å². The van der Waals surface area contributed by atoms with Crippen molar-refractivity contribution in [2.45, 2.75) is 40.3 Å². The highest BCUT2D eigenvalue weighted by molar-refractivity contribution is 5.95. The first-order valence-electron chi connectivity index (χ1n) is 8.53. The van der Waals surface area contributed by atoms with Crippen LogP contribution in [0.3, 0.4) is 0 Å². The molecule has 0 saturated carbocycles. The number of nitrogens with one attached hydrogen (secondary N) is 1. The molecule has 1 N–H and O–H groups in total. The Morgan fingerprint density at radius 1 is 1.12 bits per heavy atom. The van der Waals surface area contributed by atoms with Crippen molar-refractivity contribution in [1.29, 1.82) is 0 Å². The molecule has 0 radical (unpaired) electrons. The summed E-state index contributed by atoms with van der Waals surface area (Å²) in [6, 6.07) is 11.9. The molecule has 4 heteroatoms. The summed E-state index contributed by atoms with van der Waals surface area (Å²) < 4.78 is 5.18. The van der Waals surface area contributed by atoms with Crippen molar-refractivity contribution < 1.29 is 9.53 Å². The average Bonchev–Trinajstić information content (AvgIpc) is 2.57. The van der Waals surface area contributed by atoms with Crippen LogP contribution in [0.15, 0.2) is 36.4 Å². The van der Waals surface area contributed by atoms with E-state index in [0.717, 1.165) is 28.1 Å². The number of carbonyl (C=O) groups is 1. The minimum absolute atomic E-state index is 0.00562. The topological polar surface area (TPSA) is 41.6 Å². The molecule has 2 aromatic carbocycles. The molecule has 0 aromatic heterocycles. The number of nitrogens with zero attached hydrogens (tertiary/aromatic N) is 1. The maximum absolute atomic E-state index is 12.7. The molecule has 0 aliphatic rings. The Morgan fingerprint density at radius 2 is 1.68 bits per heavy atom. The van der Waals surface area contributed by atoms with Gasteiger partial charge >= 0.3 is 0 Å². The molecule has 25 heavy (non-hydrogen) atoms. The summed E-state index contributed by atoms with van der Waals surface area (Å²) in [5, 5.41) is 3.09. The second kappa shape index (κ2) is 8.17. The fourth-order valence-electron chi connectivity index (χ4n) is 2.96. The summed E-state index contributed by atoms with van der Waals surface area (Å²) in [5.41, 5.74) is 5.45. The molecule has 0 spiro atoms. The largest absolute Gasteiger partial charge is 0.497 e. The first-order chi connectivity index (χ1) is 11.8. The molecule has 0 bridgehead atoms. The van der Waals surface area contributed by atoms with Gasteiger partial charge in [0.1, 0.15) is 5.75 Å². The van der Waals surface area contributed by atoms with Crippen LogP contribution in [0.1, 0.15) is 29.2 Å². The van der Waals surface area contributed by atoms with Crippen LogP contribution >= 0.6 is 0 Å². The van der Waals surface area contributed by atoms with Crippen LogP contribution in [0.2, 0.25) is 0 Å². The van der Waals surface area contributed by atoms with E-state index in [-0.39, 0.29) is 11.9 Å². The lowest BCUT2D eigenvalue weighted by atomic mass is 10.0. The first kappa shape index (κ1) is 19.0. The van der Waals surface area contributed by atoms with E-state index in [1.807, 2.05) is 57.0 Å². The van der Waals surface area contributed by atoms with Crippen LogP contribution in [0.4, 0.5) is 5.69 Å². The van der Waals surface area contributed by atoms with E-state index >= 15 is 0 Å². The molecule has 1 unspecified atom stereocenters. The fraction of sp³-hybridized carbons (Fsp3) is 0.381. The van der Waals surface area contributed by atoms with Gasteiger partial charge in [0, 0.05) is 12.2 Å². The summed E-state index contributed by atoms with van der Waals surface area (Å²) >= 11 is 0. The standard InChI is InChI=1S/C21H28N2O2/c1-14-11-15(2)20(16(3)12-14)22-21(24)17(4)23(5)13-18-7-9-19(25-6)10-8-18/h7-12,17H,13H2,1-6H3,(H,22,24). The maximum Gasteiger partial charge on any atom is 0.241 e. The molecular weight excluding hydrogens is 312 g/mol. The third-order valence-corrected chi connectivity index (χ3v) is 4.56. The summed E-state index contributed by atoms with van der Waals surface area (Å²) in [4.78, 5) is 14.7. The molecule has 134 valence electrons.